The molecule has 1 aliphatic rings. The van der Waals surface area contributed by atoms with E-state index in [2.05, 4.69) is 26.0 Å². The largest absolute Gasteiger partial charge is 0.391 e. The second kappa shape index (κ2) is 5.23. The van der Waals surface area contributed by atoms with Crippen LogP contribution in [0.1, 0.15) is 25.3 Å². The lowest BCUT2D eigenvalue weighted by Crippen LogP contribution is -2.19. The standard InChI is InChI=1S/C13H18O3S2/c1-9(2)10-3-5-11(6-4-10)17-13-8-18(15,16)7-12(13)14/h3-6,9,12-14H,7-8H2,1-2H3. The van der Waals surface area contributed by atoms with Gasteiger partial charge in [0.05, 0.1) is 22.9 Å². The number of aliphatic hydroxyl groups excluding tert-OH is 1. The van der Waals surface area contributed by atoms with E-state index in [0.29, 0.717) is 5.92 Å². The topological polar surface area (TPSA) is 54.4 Å². The maximum absolute atomic E-state index is 11.4. The van der Waals surface area contributed by atoms with Gasteiger partial charge in [0, 0.05) is 4.90 Å². The average molecular weight is 286 g/mol. The lowest BCUT2D eigenvalue weighted by atomic mass is 10.0. The van der Waals surface area contributed by atoms with E-state index in [-0.39, 0.29) is 16.8 Å². The zero-order valence-corrected chi connectivity index (χ0v) is 12.2. The zero-order chi connectivity index (χ0) is 13.3. The van der Waals surface area contributed by atoms with E-state index < -0.39 is 15.9 Å². The molecular weight excluding hydrogens is 268 g/mol. The highest BCUT2D eigenvalue weighted by Crippen LogP contribution is 2.31. The molecule has 0 bridgehead atoms. The Balaban J connectivity index is 2.06. The lowest BCUT2D eigenvalue weighted by Gasteiger charge is -2.13. The summed E-state index contributed by atoms with van der Waals surface area (Å²) in [4.78, 5) is 1.01. The summed E-state index contributed by atoms with van der Waals surface area (Å²) in [7, 11) is -3.06. The molecule has 3 nitrogen and oxygen atoms in total. The molecule has 0 radical (unpaired) electrons. The molecule has 0 amide bonds. The molecule has 1 saturated heterocycles. The van der Waals surface area contributed by atoms with Crippen LogP contribution < -0.4 is 0 Å². The van der Waals surface area contributed by atoms with Crippen molar-refractivity contribution in [2.75, 3.05) is 11.5 Å². The summed E-state index contributed by atoms with van der Waals surface area (Å²) in [5.41, 5.74) is 1.26. The number of aliphatic hydroxyl groups is 1. The van der Waals surface area contributed by atoms with Crippen LogP contribution >= 0.6 is 11.8 Å². The van der Waals surface area contributed by atoms with Gasteiger partial charge in [0.15, 0.2) is 9.84 Å². The van der Waals surface area contributed by atoms with Crippen molar-refractivity contribution in [3.05, 3.63) is 29.8 Å². The van der Waals surface area contributed by atoms with E-state index >= 15 is 0 Å². The second-order valence-electron chi connectivity index (χ2n) is 5.02. The van der Waals surface area contributed by atoms with Crippen molar-refractivity contribution in [2.45, 2.75) is 36.0 Å². The Morgan fingerprint density at radius 3 is 2.28 bits per heavy atom. The van der Waals surface area contributed by atoms with Gasteiger partial charge in [-0.1, -0.05) is 26.0 Å². The van der Waals surface area contributed by atoms with Gasteiger partial charge in [-0.25, -0.2) is 8.42 Å². The van der Waals surface area contributed by atoms with Crippen molar-refractivity contribution in [3.63, 3.8) is 0 Å². The fraction of sp³-hybridized carbons (Fsp3) is 0.538. The minimum absolute atomic E-state index is 0.0742. The van der Waals surface area contributed by atoms with Gasteiger partial charge >= 0.3 is 0 Å². The molecule has 5 heteroatoms. The fourth-order valence-corrected chi connectivity index (χ4v) is 5.54. The van der Waals surface area contributed by atoms with E-state index in [1.165, 1.54) is 17.3 Å². The lowest BCUT2D eigenvalue weighted by molar-refractivity contribution is 0.207. The number of thioether (sulfide) groups is 1. The van der Waals surface area contributed by atoms with Gasteiger partial charge in [-0.05, 0) is 23.6 Å². The molecule has 0 spiro atoms. The number of benzene rings is 1. The van der Waals surface area contributed by atoms with Crippen LogP contribution in [0, 0.1) is 0 Å². The Kier molecular flexibility index (Phi) is 4.04. The van der Waals surface area contributed by atoms with Crippen molar-refractivity contribution in [1.29, 1.82) is 0 Å². The minimum Gasteiger partial charge on any atom is -0.391 e. The molecule has 2 atom stereocenters. The van der Waals surface area contributed by atoms with Crippen molar-refractivity contribution in [3.8, 4) is 0 Å². The van der Waals surface area contributed by atoms with Crippen LogP contribution in [0.2, 0.25) is 0 Å². The normalized spacial score (nSPS) is 26.7. The number of rotatable bonds is 3. The minimum atomic E-state index is -3.06. The van der Waals surface area contributed by atoms with Crippen molar-refractivity contribution >= 4 is 21.6 Å². The maximum atomic E-state index is 11.4. The van der Waals surface area contributed by atoms with E-state index in [9.17, 15) is 13.5 Å². The summed E-state index contributed by atoms with van der Waals surface area (Å²) >= 11 is 1.45. The third-order valence-electron chi connectivity index (χ3n) is 3.11. The SMILES string of the molecule is CC(C)c1ccc(SC2CS(=O)(=O)CC2O)cc1. The predicted octanol–water partition coefficient (Wildman–Crippen LogP) is 2.06. The Hall–Kier alpha value is -0.520. The summed E-state index contributed by atoms with van der Waals surface area (Å²) in [6, 6.07) is 8.11. The fourth-order valence-electron chi connectivity index (χ4n) is 2.02. The Morgan fingerprint density at radius 1 is 1.22 bits per heavy atom. The van der Waals surface area contributed by atoms with E-state index in [1.807, 2.05) is 12.1 Å². The van der Waals surface area contributed by atoms with E-state index in [0.717, 1.165) is 4.90 Å². The van der Waals surface area contributed by atoms with Crippen LogP contribution in [0.5, 0.6) is 0 Å². The molecule has 1 heterocycles. The molecular formula is C13H18O3S2. The quantitative estimate of drug-likeness (QED) is 0.924. The van der Waals surface area contributed by atoms with Crippen LogP contribution in [0.3, 0.4) is 0 Å². The van der Waals surface area contributed by atoms with Gasteiger partial charge in [-0.3, -0.25) is 0 Å². The molecule has 0 saturated carbocycles. The van der Waals surface area contributed by atoms with E-state index in [4.69, 9.17) is 0 Å². The van der Waals surface area contributed by atoms with Crippen LogP contribution in [-0.4, -0.2) is 36.4 Å². The molecule has 2 unspecified atom stereocenters. The first-order chi connectivity index (χ1) is 8.37. The average Bonchev–Trinajstić information content (AvgIpc) is 2.52. The van der Waals surface area contributed by atoms with Crippen LogP contribution in [0.15, 0.2) is 29.2 Å². The summed E-state index contributed by atoms with van der Waals surface area (Å²) in [5, 5.41) is 9.49. The van der Waals surface area contributed by atoms with Gasteiger partial charge in [-0.15, -0.1) is 11.8 Å². The molecule has 1 aliphatic heterocycles. The first-order valence-corrected chi connectivity index (χ1v) is 8.72. The van der Waals surface area contributed by atoms with Gasteiger partial charge in [0.2, 0.25) is 0 Å². The first-order valence-electron chi connectivity index (χ1n) is 6.02. The summed E-state index contributed by atoms with van der Waals surface area (Å²) in [5.74, 6) is 0.459. The molecule has 1 fully saturated rings. The van der Waals surface area contributed by atoms with Gasteiger partial charge in [0.1, 0.15) is 0 Å². The molecule has 1 aromatic carbocycles. The Morgan fingerprint density at radius 2 is 1.83 bits per heavy atom. The van der Waals surface area contributed by atoms with Crippen molar-refractivity contribution in [2.24, 2.45) is 0 Å². The van der Waals surface area contributed by atoms with Gasteiger partial charge in [0.25, 0.3) is 0 Å². The maximum Gasteiger partial charge on any atom is 0.154 e. The van der Waals surface area contributed by atoms with Crippen LogP contribution in [-0.2, 0) is 9.84 Å². The highest BCUT2D eigenvalue weighted by molar-refractivity contribution is 8.02. The van der Waals surface area contributed by atoms with Crippen molar-refractivity contribution in [1.82, 2.24) is 0 Å². The zero-order valence-electron chi connectivity index (χ0n) is 10.5. The summed E-state index contributed by atoms with van der Waals surface area (Å²) < 4.78 is 22.8. The summed E-state index contributed by atoms with van der Waals surface area (Å²) in [6.45, 7) is 4.27. The molecule has 1 aromatic rings. The number of sulfone groups is 1. The second-order valence-corrected chi connectivity index (χ2v) is 8.49. The molecule has 0 aromatic heterocycles. The van der Waals surface area contributed by atoms with E-state index in [1.54, 1.807) is 0 Å². The van der Waals surface area contributed by atoms with Gasteiger partial charge in [-0.2, -0.15) is 0 Å². The molecule has 100 valence electrons. The molecule has 2 rings (SSSR count). The summed E-state index contributed by atoms with van der Waals surface area (Å²) in [6.07, 6.45) is -0.746. The number of hydrogen-bond donors (Lipinski definition) is 1. The third-order valence-corrected chi connectivity index (χ3v) is 6.36. The molecule has 1 N–H and O–H groups in total. The first kappa shape index (κ1) is 13.9. The van der Waals surface area contributed by atoms with Gasteiger partial charge < -0.3 is 5.11 Å². The predicted molar refractivity (Wildman–Crippen MR) is 74.8 cm³/mol. The molecule has 0 aliphatic carbocycles. The third kappa shape index (κ3) is 3.28. The molecule has 18 heavy (non-hydrogen) atoms. The Bertz CT molecular complexity index is 506. The highest BCUT2D eigenvalue weighted by Gasteiger charge is 2.36. The van der Waals surface area contributed by atoms with Crippen LogP contribution in [0.4, 0.5) is 0 Å². The van der Waals surface area contributed by atoms with Crippen LogP contribution in [0.25, 0.3) is 0 Å². The highest BCUT2D eigenvalue weighted by atomic mass is 32.2. The monoisotopic (exact) mass is 286 g/mol. The van der Waals surface area contributed by atoms with Crippen molar-refractivity contribution < 1.29 is 13.5 Å². The number of hydrogen-bond acceptors (Lipinski definition) is 4. The smallest absolute Gasteiger partial charge is 0.154 e. The Labute approximate surface area is 113 Å².